The smallest absolute Gasteiger partial charge is 0.341 e. The van der Waals surface area contributed by atoms with E-state index in [-0.39, 0.29) is 0 Å². The Balaban J connectivity index is 2.03. The van der Waals surface area contributed by atoms with Crippen LogP contribution in [0.1, 0.15) is 17.3 Å². The third-order valence-corrected chi connectivity index (χ3v) is 2.61. The highest BCUT2D eigenvalue weighted by atomic mass is 16.5. The van der Waals surface area contributed by atoms with E-state index in [4.69, 9.17) is 4.74 Å². The van der Waals surface area contributed by atoms with Crippen LogP contribution in [0.25, 0.3) is 11.3 Å². The molecule has 0 radical (unpaired) electrons. The summed E-state index contributed by atoms with van der Waals surface area (Å²) in [6, 6.07) is 1.83. The molecule has 0 N–H and O–H groups in total. The van der Waals surface area contributed by atoms with Gasteiger partial charge >= 0.3 is 5.97 Å². The average Bonchev–Trinajstić information content (AvgIpc) is 3.07. The van der Waals surface area contributed by atoms with Crippen molar-refractivity contribution in [3.05, 3.63) is 42.6 Å². The van der Waals surface area contributed by atoms with Gasteiger partial charge in [0.25, 0.3) is 0 Å². The number of nitrogens with zero attached hydrogens (tertiary/aromatic N) is 5. The second-order valence-corrected chi connectivity index (χ2v) is 3.81. The molecule has 0 atom stereocenters. The summed E-state index contributed by atoms with van der Waals surface area (Å²) in [6.45, 7) is 2.09. The predicted molar refractivity (Wildman–Crippen MR) is 66.1 cm³/mol. The maximum atomic E-state index is 11.6. The Morgan fingerprint density at radius 3 is 3.11 bits per heavy atom. The van der Waals surface area contributed by atoms with Crippen molar-refractivity contribution >= 4 is 11.5 Å². The van der Waals surface area contributed by atoms with Gasteiger partial charge in [-0.3, -0.25) is 0 Å². The third-order valence-electron chi connectivity index (χ3n) is 2.61. The zero-order valence-electron chi connectivity index (χ0n) is 10.2. The first-order chi connectivity index (χ1) is 9.29. The zero-order chi connectivity index (χ0) is 13.2. The molecule has 0 bridgehead atoms. The Morgan fingerprint density at radius 2 is 2.26 bits per heavy atom. The number of carbonyl (C=O) groups is 1. The molecule has 3 aromatic rings. The van der Waals surface area contributed by atoms with Crippen molar-refractivity contribution < 1.29 is 9.53 Å². The number of rotatable bonds is 3. The van der Waals surface area contributed by atoms with E-state index in [2.05, 4.69) is 15.2 Å². The normalized spacial score (nSPS) is 10.8. The molecule has 0 aliphatic heterocycles. The summed E-state index contributed by atoms with van der Waals surface area (Å²) in [6.07, 6.45) is 8.10. The molecule has 7 nitrogen and oxygen atoms in total. The van der Waals surface area contributed by atoms with Gasteiger partial charge in [-0.1, -0.05) is 0 Å². The molecule has 3 heterocycles. The van der Waals surface area contributed by atoms with Crippen molar-refractivity contribution in [2.24, 2.45) is 0 Å². The fourth-order valence-electron chi connectivity index (χ4n) is 1.78. The molecule has 7 heteroatoms. The standard InChI is InChI=1S/C12H11N5O2/c1-2-19-12(18)9-7-15-17(8-9)11-10-3-4-14-16(10)6-5-13-11/h3-8H,2H2,1H3. The second-order valence-electron chi connectivity index (χ2n) is 3.81. The fourth-order valence-corrected chi connectivity index (χ4v) is 1.78. The minimum Gasteiger partial charge on any atom is -0.462 e. The molecule has 0 spiro atoms. The van der Waals surface area contributed by atoms with Crippen LogP contribution in [-0.2, 0) is 4.74 Å². The molecule has 0 aliphatic rings. The van der Waals surface area contributed by atoms with E-state index in [1.807, 2.05) is 6.07 Å². The SMILES string of the molecule is CCOC(=O)c1cnn(-c2nccn3nccc23)c1. The lowest BCUT2D eigenvalue weighted by Crippen LogP contribution is -2.04. The van der Waals surface area contributed by atoms with Crippen LogP contribution in [0.5, 0.6) is 0 Å². The van der Waals surface area contributed by atoms with Gasteiger partial charge in [-0.2, -0.15) is 10.2 Å². The number of esters is 1. The van der Waals surface area contributed by atoms with Crippen LogP contribution in [0.2, 0.25) is 0 Å². The summed E-state index contributed by atoms with van der Waals surface area (Å²) < 4.78 is 8.14. The summed E-state index contributed by atoms with van der Waals surface area (Å²) in [5, 5.41) is 8.25. The van der Waals surface area contributed by atoms with Crippen LogP contribution >= 0.6 is 0 Å². The second kappa shape index (κ2) is 4.52. The first-order valence-corrected chi connectivity index (χ1v) is 5.80. The number of carbonyl (C=O) groups excluding carboxylic acids is 1. The highest BCUT2D eigenvalue weighted by Crippen LogP contribution is 2.12. The van der Waals surface area contributed by atoms with E-state index in [9.17, 15) is 4.79 Å². The van der Waals surface area contributed by atoms with Gasteiger partial charge in [-0.15, -0.1) is 0 Å². The first kappa shape index (κ1) is 11.4. The summed E-state index contributed by atoms with van der Waals surface area (Å²) in [5.41, 5.74) is 1.20. The summed E-state index contributed by atoms with van der Waals surface area (Å²) in [7, 11) is 0. The minimum atomic E-state index is -0.394. The van der Waals surface area contributed by atoms with Crippen LogP contribution in [0.4, 0.5) is 0 Å². The molecule has 96 valence electrons. The maximum Gasteiger partial charge on any atom is 0.341 e. The molecule has 3 rings (SSSR count). The van der Waals surface area contributed by atoms with Crippen molar-refractivity contribution in [1.29, 1.82) is 0 Å². The Labute approximate surface area is 108 Å². The third kappa shape index (κ3) is 1.95. The van der Waals surface area contributed by atoms with Gasteiger partial charge in [0.2, 0.25) is 0 Å². The highest BCUT2D eigenvalue weighted by molar-refractivity contribution is 5.88. The number of aromatic nitrogens is 5. The number of fused-ring (bicyclic) bond motifs is 1. The van der Waals surface area contributed by atoms with Gasteiger partial charge in [0, 0.05) is 18.6 Å². The van der Waals surface area contributed by atoms with Crippen molar-refractivity contribution in [2.45, 2.75) is 6.92 Å². The molecule has 0 aromatic carbocycles. The molecule has 0 saturated carbocycles. The van der Waals surface area contributed by atoms with Gasteiger partial charge in [-0.25, -0.2) is 19.0 Å². The van der Waals surface area contributed by atoms with E-state index in [1.54, 1.807) is 36.2 Å². The van der Waals surface area contributed by atoms with Crippen molar-refractivity contribution in [3.8, 4) is 5.82 Å². The molecule has 0 aliphatic carbocycles. The molecular formula is C12H11N5O2. The lowest BCUT2D eigenvalue weighted by atomic mass is 10.4. The Bertz CT molecular complexity index is 730. The summed E-state index contributed by atoms with van der Waals surface area (Å²) in [5.74, 6) is 0.213. The molecule has 0 unspecified atom stereocenters. The molecule has 0 amide bonds. The number of ether oxygens (including phenoxy) is 1. The monoisotopic (exact) mass is 257 g/mol. The Morgan fingerprint density at radius 1 is 1.37 bits per heavy atom. The lowest BCUT2D eigenvalue weighted by Gasteiger charge is -2.02. The lowest BCUT2D eigenvalue weighted by molar-refractivity contribution is 0.0526. The van der Waals surface area contributed by atoms with Gasteiger partial charge < -0.3 is 4.74 Å². The van der Waals surface area contributed by atoms with Crippen LogP contribution < -0.4 is 0 Å². The van der Waals surface area contributed by atoms with Crippen LogP contribution in [-0.4, -0.2) is 37.0 Å². The molecule has 3 aromatic heterocycles. The zero-order valence-corrected chi connectivity index (χ0v) is 10.2. The van der Waals surface area contributed by atoms with Crippen LogP contribution in [0, 0.1) is 0 Å². The predicted octanol–water partition coefficient (Wildman–Crippen LogP) is 1.09. The maximum absolute atomic E-state index is 11.6. The Hall–Kier alpha value is -2.70. The molecule has 19 heavy (non-hydrogen) atoms. The average molecular weight is 257 g/mol. The van der Waals surface area contributed by atoms with Gasteiger partial charge in [0.1, 0.15) is 5.52 Å². The van der Waals surface area contributed by atoms with Gasteiger partial charge in [0.05, 0.1) is 24.6 Å². The summed E-state index contributed by atoms with van der Waals surface area (Å²) in [4.78, 5) is 15.8. The topological polar surface area (TPSA) is 74.3 Å². The minimum absolute atomic E-state index is 0.334. The molecule has 0 fully saturated rings. The van der Waals surface area contributed by atoms with Crippen LogP contribution in [0.15, 0.2) is 37.1 Å². The molecular weight excluding hydrogens is 246 g/mol. The summed E-state index contributed by atoms with van der Waals surface area (Å²) >= 11 is 0. The van der Waals surface area contributed by atoms with Gasteiger partial charge in [0.15, 0.2) is 5.82 Å². The Kier molecular flexibility index (Phi) is 2.71. The van der Waals surface area contributed by atoms with Crippen molar-refractivity contribution in [2.75, 3.05) is 6.61 Å². The van der Waals surface area contributed by atoms with Crippen molar-refractivity contribution in [3.63, 3.8) is 0 Å². The van der Waals surface area contributed by atoms with Crippen LogP contribution in [0.3, 0.4) is 0 Å². The fraction of sp³-hybridized carbons (Fsp3) is 0.167. The number of hydrogen-bond donors (Lipinski definition) is 0. The largest absolute Gasteiger partial charge is 0.462 e. The van der Waals surface area contributed by atoms with Crippen molar-refractivity contribution in [1.82, 2.24) is 24.4 Å². The molecule has 0 saturated heterocycles. The highest BCUT2D eigenvalue weighted by Gasteiger charge is 2.12. The quantitative estimate of drug-likeness (QED) is 0.657. The van der Waals surface area contributed by atoms with E-state index in [0.717, 1.165) is 5.52 Å². The van der Waals surface area contributed by atoms with E-state index in [0.29, 0.717) is 18.0 Å². The van der Waals surface area contributed by atoms with E-state index >= 15 is 0 Å². The van der Waals surface area contributed by atoms with E-state index in [1.165, 1.54) is 10.9 Å². The van der Waals surface area contributed by atoms with E-state index < -0.39 is 5.97 Å². The first-order valence-electron chi connectivity index (χ1n) is 5.80. The van der Waals surface area contributed by atoms with Gasteiger partial charge in [-0.05, 0) is 13.0 Å². The number of hydrogen-bond acceptors (Lipinski definition) is 5.